The lowest BCUT2D eigenvalue weighted by Gasteiger charge is -1.92. The van der Waals surface area contributed by atoms with Gasteiger partial charge in [-0.15, -0.1) is 56.7 Å². The summed E-state index contributed by atoms with van der Waals surface area (Å²) in [5.41, 5.74) is 2.83. The largest absolute Gasteiger partial charge is 0.144 e. The molecule has 0 N–H and O–H groups in total. The minimum atomic E-state index is 1.38. The summed E-state index contributed by atoms with van der Waals surface area (Å²) >= 11 is 9.40. The Bertz CT molecular complexity index is 939. The topological polar surface area (TPSA) is 0 Å². The third-order valence-corrected chi connectivity index (χ3v) is 8.92. The van der Waals surface area contributed by atoms with E-state index in [1.807, 2.05) is 56.7 Å². The van der Waals surface area contributed by atoms with Gasteiger partial charge in [-0.25, -0.2) is 0 Å². The van der Waals surface area contributed by atoms with Crippen LogP contribution in [-0.4, -0.2) is 0 Å². The molecule has 0 nitrogen and oxygen atoms in total. The zero-order valence-corrected chi connectivity index (χ0v) is 14.7. The molecule has 5 aromatic rings. The number of thiophene rings is 5. The van der Waals surface area contributed by atoms with E-state index in [0.29, 0.717) is 0 Å². The summed E-state index contributed by atoms with van der Waals surface area (Å²) in [6, 6.07) is 8.72. The lowest BCUT2D eigenvalue weighted by molar-refractivity contribution is 1.96. The van der Waals surface area contributed by atoms with Crippen LogP contribution in [0.3, 0.4) is 0 Å². The Labute approximate surface area is 141 Å². The monoisotopic (exact) mass is 360 g/mol. The molecule has 0 saturated heterocycles. The molecular formula is C16H8S5. The van der Waals surface area contributed by atoms with Crippen LogP contribution in [0.5, 0.6) is 0 Å². The second-order valence-electron chi connectivity index (χ2n) is 4.67. The molecule has 5 heteroatoms. The standard InChI is InChI=1S/C16H8S5/c1-3-11(17-5-1)9-7-19-15-13(9)21-14-10(8-20-16(14)15)12-4-2-6-18-12/h1-8H. The molecule has 0 saturated carbocycles. The van der Waals surface area contributed by atoms with Gasteiger partial charge >= 0.3 is 0 Å². The maximum absolute atomic E-state index is 2.32. The zero-order chi connectivity index (χ0) is 13.8. The highest BCUT2D eigenvalue weighted by Gasteiger charge is 2.18. The first-order valence-electron chi connectivity index (χ1n) is 6.41. The number of hydrogen-bond donors (Lipinski definition) is 0. The first-order valence-corrected chi connectivity index (χ1v) is 10.7. The average Bonchev–Trinajstić information content (AvgIpc) is 3.26. The third-order valence-electron chi connectivity index (χ3n) is 3.47. The molecule has 21 heavy (non-hydrogen) atoms. The van der Waals surface area contributed by atoms with Crippen LogP contribution in [0.15, 0.2) is 45.8 Å². The molecule has 0 atom stereocenters. The van der Waals surface area contributed by atoms with Gasteiger partial charge in [0.05, 0.1) is 18.8 Å². The Morgan fingerprint density at radius 2 is 1.10 bits per heavy atom. The van der Waals surface area contributed by atoms with Gasteiger partial charge < -0.3 is 0 Å². The van der Waals surface area contributed by atoms with Gasteiger partial charge in [-0.1, -0.05) is 12.1 Å². The van der Waals surface area contributed by atoms with Gasteiger partial charge in [-0.05, 0) is 22.9 Å². The van der Waals surface area contributed by atoms with Crippen LogP contribution >= 0.6 is 56.7 Å². The molecule has 0 spiro atoms. The molecule has 0 fully saturated rings. The summed E-state index contributed by atoms with van der Waals surface area (Å²) in [5.74, 6) is 0. The molecule has 0 aromatic carbocycles. The highest BCUT2D eigenvalue weighted by molar-refractivity contribution is 7.39. The predicted molar refractivity (Wildman–Crippen MR) is 102 cm³/mol. The van der Waals surface area contributed by atoms with Crippen molar-refractivity contribution >= 4 is 75.5 Å². The average molecular weight is 361 g/mol. The SMILES string of the molecule is c1csc(-c2csc3c2sc2c(-c4cccs4)csc23)c1. The lowest BCUT2D eigenvalue weighted by Crippen LogP contribution is -1.63. The van der Waals surface area contributed by atoms with E-state index in [0.717, 1.165) is 0 Å². The third kappa shape index (κ3) is 1.82. The van der Waals surface area contributed by atoms with Gasteiger partial charge in [0.25, 0.3) is 0 Å². The fourth-order valence-electron chi connectivity index (χ4n) is 2.52. The van der Waals surface area contributed by atoms with Gasteiger partial charge in [-0.2, -0.15) is 0 Å². The smallest absolute Gasteiger partial charge is 0.0636 e. The first-order chi connectivity index (χ1) is 10.4. The summed E-state index contributed by atoms with van der Waals surface area (Å²) in [5, 5.41) is 8.95. The van der Waals surface area contributed by atoms with Crippen LogP contribution in [0.1, 0.15) is 0 Å². The Balaban J connectivity index is 1.82. The van der Waals surface area contributed by atoms with Gasteiger partial charge in [0.15, 0.2) is 0 Å². The van der Waals surface area contributed by atoms with E-state index in [9.17, 15) is 0 Å². The molecule has 0 aliphatic heterocycles. The van der Waals surface area contributed by atoms with Crippen molar-refractivity contribution in [2.45, 2.75) is 0 Å². The fourth-order valence-corrected chi connectivity index (χ4v) is 8.36. The molecule has 102 valence electrons. The molecule has 0 bridgehead atoms. The number of rotatable bonds is 2. The lowest BCUT2D eigenvalue weighted by atomic mass is 10.2. The number of fused-ring (bicyclic) bond motifs is 3. The molecule has 5 rings (SSSR count). The van der Waals surface area contributed by atoms with Crippen molar-refractivity contribution in [3.8, 4) is 20.9 Å². The van der Waals surface area contributed by atoms with Crippen LogP contribution in [0.4, 0.5) is 0 Å². The van der Waals surface area contributed by atoms with Crippen molar-refractivity contribution in [3.63, 3.8) is 0 Å². The van der Waals surface area contributed by atoms with Crippen LogP contribution in [0, 0.1) is 0 Å². The molecule has 5 aromatic heterocycles. The van der Waals surface area contributed by atoms with Crippen LogP contribution in [0.25, 0.3) is 39.7 Å². The van der Waals surface area contributed by atoms with Gasteiger partial charge in [0.1, 0.15) is 0 Å². The molecule has 0 unspecified atom stereocenters. The van der Waals surface area contributed by atoms with Crippen LogP contribution < -0.4 is 0 Å². The summed E-state index contributed by atoms with van der Waals surface area (Å²) in [6.45, 7) is 0. The van der Waals surface area contributed by atoms with Gasteiger partial charge in [0.2, 0.25) is 0 Å². The zero-order valence-electron chi connectivity index (χ0n) is 10.7. The molecule has 0 radical (unpaired) electrons. The Kier molecular flexibility index (Phi) is 2.85. The van der Waals surface area contributed by atoms with Crippen molar-refractivity contribution in [3.05, 3.63) is 45.8 Å². The van der Waals surface area contributed by atoms with E-state index in [1.165, 1.54) is 39.7 Å². The molecule has 5 heterocycles. The molecule has 0 amide bonds. The predicted octanol–water partition coefficient (Wildman–Crippen LogP) is 7.63. The van der Waals surface area contributed by atoms with Crippen molar-refractivity contribution < 1.29 is 0 Å². The minimum Gasteiger partial charge on any atom is -0.144 e. The van der Waals surface area contributed by atoms with E-state index in [1.54, 1.807) is 0 Å². The Morgan fingerprint density at radius 1 is 0.571 bits per heavy atom. The van der Waals surface area contributed by atoms with E-state index in [-0.39, 0.29) is 0 Å². The van der Waals surface area contributed by atoms with Gasteiger partial charge in [-0.3, -0.25) is 0 Å². The van der Waals surface area contributed by atoms with Crippen molar-refractivity contribution in [2.24, 2.45) is 0 Å². The summed E-state index contributed by atoms with van der Waals surface area (Å²) in [7, 11) is 0. The highest BCUT2D eigenvalue weighted by Crippen LogP contribution is 2.50. The molecule has 0 aliphatic carbocycles. The Hall–Kier alpha value is -0.980. The van der Waals surface area contributed by atoms with E-state index in [4.69, 9.17) is 0 Å². The summed E-state index contributed by atoms with van der Waals surface area (Å²) in [4.78, 5) is 2.76. The van der Waals surface area contributed by atoms with Crippen LogP contribution in [-0.2, 0) is 0 Å². The second kappa shape index (κ2) is 4.76. The van der Waals surface area contributed by atoms with Crippen molar-refractivity contribution in [2.75, 3.05) is 0 Å². The van der Waals surface area contributed by atoms with Crippen molar-refractivity contribution in [1.29, 1.82) is 0 Å². The van der Waals surface area contributed by atoms with E-state index < -0.39 is 0 Å². The summed E-state index contributed by atoms with van der Waals surface area (Å²) in [6.07, 6.45) is 0. The maximum atomic E-state index is 2.32. The highest BCUT2D eigenvalue weighted by atomic mass is 32.1. The number of hydrogen-bond acceptors (Lipinski definition) is 5. The molecular weight excluding hydrogens is 353 g/mol. The first kappa shape index (κ1) is 12.6. The van der Waals surface area contributed by atoms with Crippen molar-refractivity contribution in [1.82, 2.24) is 0 Å². The molecule has 0 aliphatic rings. The van der Waals surface area contributed by atoms with E-state index >= 15 is 0 Å². The second-order valence-corrected chi connectivity index (χ2v) is 9.35. The maximum Gasteiger partial charge on any atom is 0.0636 e. The quantitative estimate of drug-likeness (QED) is 0.303. The van der Waals surface area contributed by atoms with E-state index in [2.05, 4.69) is 45.8 Å². The fraction of sp³-hybridized carbons (Fsp3) is 0. The van der Waals surface area contributed by atoms with Crippen LogP contribution in [0.2, 0.25) is 0 Å². The minimum absolute atomic E-state index is 1.38. The Morgan fingerprint density at radius 3 is 1.52 bits per heavy atom. The summed E-state index contributed by atoms with van der Waals surface area (Å²) < 4.78 is 5.85. The normalized spacial score (nSPS) is 11.8. The van der Waals surface area contributed by atoms with Gasteiger partial charge in [0, 0.05) is 31.6 Å².